The molecule has 1 heterocycles. The number of urea groups is 1. The van der Waals surface area contributed by atoms with Crippen molar-refractivity contribution in [2.75, 3.05) is 16.8 Å². The quantitative estimate of drug-likeness (QED) is 0.860. The smallest absolute Gasteiger partial charge is 0.320 e. The fraction of sp³-hybridized carbons (Fsp3) is 0.353. The minimum Gasteiger partial charge on any atom is -0.351 e. The molecule has 1 aromatic heterocycles. The van der Waals surface area contributed by atoms with Crippen LogP contribution in [0.25, 0.3) is 0 Å². The van der Waals surface area contributed by atoms with E-state index in [1.165, 1.54) is 5.56 Å². The molecule has 0 fully saturated rings. The van der Waals surface area contributed by atoms with Crippen LogP contribution in [0.15, 0.2) is 42.5 Å². The summed E-state index contributed by atoms with van der Waals surface area (Å²) in [6, 6.07) is 13.6. The molecule has 122 valence electrons. The van der Waals surface area contributed by atoms with Crippen molar-refractivity contribution in [1.82, 2.24) is 15.5 Å². The summed E-state index contributed by atoms with van der Waals surface area (Å²) < 4.78 is 0. The highest BCUT2D eigenvalue weighted by Gasteiger charge is 2.09. The molecule has 0 spiro atoms. The number of amides is 2. The highest BCUT2D eigenvalue weighted by atomic mass is 16.2. The van der Waals surface area contributed by atoms with Crippen molar-refractivity contribution >= 4 is 17.7 Å². The van der Waals surface area contributed by atoms with Gasteiger partial charge in [0.1, 0.15) is 0 Å². The van der Waals surface area contributed by atoms with Crippen molar-refractivity contribution in [2.45, 2.75) is 33.4 Å². The van der Waals surface area contributed by atoms with Gasteiger partial charge in [0, 0.05) is 19.1 Å². The van der Waals surface area contributed by atoms with Crippen LogP contribution in [0.2, 0.25) is 0 Å². The number of benzene rings is 1. The molecule has 0 aliphatic heterocycles. The van der Waals surface area contributed by atoms with E-state index in [1.807, 2.05) is 38.1 Å². The number of hydrogen-bond acceptors (Lipinski definition) is 4. The Morgan fingerprint density at radius 2 is 1.87 bits per heavy atom. The fourth-order valence-corrected chi connectivity index (χ4v) is 2.13. The number of carbonyl (C=O) groups excluding carboxylic acids is 1. The molecule has 2 amide bonds. The van der Waals surface area contributed by atoms with Gasteiger partial charge in [0.2, 0.25) is 0 Å². The first-order valence-corrected chi connectivity index (χ1v) is 7.78. The molecule has 0 aliphatic carbocycles. The molecule has 0 unspecified atom stereocenters. The van der Waals surface area contributed by atoms with Crippen LogP contribution in [-0.2, 0) is 6.54 Å². The van der Waals surface area contributed by atoms with Crippen LogP contribution in [0.4, 0.5) is 16.4 Å². The molecule has 2 rings (SSSR count). The second kappa shape index (κ2) is 8.12. The predicted octanol–water partition coefficient (Wildman–Crippen LogP) is 3.03. The van der Waals surface area contributed by atoms with Gasteiger partial charge in [-0.1, -0.05) is 30.3 Å². The Morgan fingerprint density at radius 3 is 2.43 bits per heavy atom. The molecule has 6 heteroatoms. The van der Waals surface area contributed by atoms with Crippen LogP contribution < -0.4 is 15.5 Å². The summed E-state index contributed by atoms with van der Waals surface area (Å²) >= 11 is 0. The maximum absolute atomic E-state index is 11.6. The van der Waals surface area contributed by atoms with Crippen LogP contribution in [0.3, 0.4) is 0 Å². The highest BCUT2D eigenvalue weighted by Crippen LogP contribution is 2.15. The zero-order valence-electron chi connectivity index (χ0n) is 13.8. The van der Waals surface area contributed by atoms with Gasteiger partial charge in [-0.3, -0.25) is 5.32 Å². The van der Waals surface area contributed by atoms with Crippen molar-refractivity contribution in [3.8, 4) is 0 Å². The molecule has 0 atom stereocenters. The third-order valence-corrected chi connectivity index (χ3v) is 3.23. The van der Waals surface area contributed by atoms with Gasteiger partial charge in [-0.25, -0.2) is 4.79 Å². The fourth-order valence-electron chi connectivity index (χ4n) is 2.13. The first-order valence-electron chi connectivity index (χ1n) is 7.78. The van der Waals surface area contributed by atoms with Crippen LogP contribution in [0, 0.1) is 0 Å². The monoisotopic (exact) mass is 313 g/mol. The third kappa shape index (κ3) is 5.25. The van der Waals surface area contributed by atoms with Gasteiger partial charge in [-0.2, -0.15) is 0 Å². The number of nitrogens with one attached hydrogen (secondary N) is 2. The molecule has 0 bridgehead atoms. The molecule has 6 nitrogen and oxygen atoms in total. The van der Waals surface area contributed by atoms with Crippen LogP contribution in [0.1, 0.15) is 26.3 Å². The van der Waals surface area contributed by atoms with Crippen molar-refractivity contribution < 1.29 is 4.79 Å². The van der Waals surface area contributed by atoms with Gasteiger partial charge in [-0.15, -0.1) is 10.2 Å². The second-order valence-corrected chi connectivity index (χ2v) is 5.53. The zero-order valence-corrected chi connectivity index (χ0v) is 13.8. The lowest BCUT2D eigenvalue weighted by Gasteiger charge is -2.21. The first-order chi connectivity index (χ1) is 11.1. The van der Waals surface area contributed by atoms with E-state index in [0.717, 1.165) is 18.9 Å². The SMILES string of the molecule is CCN(Cc1ccccc1)c1ccc(NC(=O)NC(C)C)nn1. The topological polar surface area (TPSA) is 70.2 Å². The summed E-state index contributed by atoms with van der Waals surface area (Å²) in [5.41, 5.74) is 1.22. The van der Waals surface area contributed by atoms with Crippen molar-refractivity contribution in [3.63, 3.8) is 0 Å². The van der Waals surface area contributed by atoms with E-state index in [1.54, 1.807) is 6.07 Å². The van der Waals surface area contributed by atoms with E-state index in [0.29, 0.717) is 5.82 Å². The Hall–Kier alpha value is -2.63. The first kappa shape index (κ1) is 16.7. The Kier molecular flexibility index (Phi) is 5.91. The van der Waals surface area contributed by atoms with E-state index in [4.69, 9.17) is 0 Å². The maximum atomic E-state index is 11.6. The molecule has 0 saturated heterocycles. The van der Waals surface area contributed by atoms with Crippen LogP contribution in [-0.4, -0.2) is 28.8 Å². The number of aromatic nitrogens is 2. The van der Waals surface area contributed by atoms with E-state index >= 15 is 0 Å². The molecular formula is C17H23N5O. The Bertz CT molecular complexity index is 613. The Morgan fingerprint density at radius 1 is 1.13 bits per heavy atom. The summed E-state index contributed by atoms with van der Waals surface area (Å²) in [5, 5.41) is 13.7. The largest absolute Gasteiger partial charge is 0.351 e. The summed E-state index contributed by atoms with van der Waals surface area (Å²) in [7, 11) is 0. The number of rotatable bonds is 6. The zero-order chi connectivity index (χ0) is 16.7. The van der Waals surface area contributed by atoms with Gasteiger partial charge >= 0.3 is 6.03 Å². The van der Waals surface area contributed by atoms with Gasteiger partial charge < -0.3 is 10.2 Å². The maximum Gasteiger partial charge on any atom is 0.320 e. The highest BCUT2D eigenvalue weighted by molar-refractivity contribution is 5.88. The average molecular weight is 313 g/mol. The lowest BCUT2D eigenvalue weighted by atomic mass is 10.2. The summed E-state index contributed by atoms with van der Waals surface area (Å²) in [6.45, 7) is 7.47. The van der Waals surface area contributed by atoms with E-state index < -0.39 is 0 Å². The predicted molar refractivity (Wildman–Crippen MR) is 92.5 cm³/mol. The normalized spacial score (nSPS) is 10.4. The van der Waals surface area contributed by atoms with Crippen LogP contribution in [0.5, 0.6) is 0 Å². The standard InChI is InChI=1S/C17H23N5O/c1-4-22(12-14-8-6-5-7-9-14)16-11-10-15(20-21-16)19-17(23)18-13(2)3/h5-11,13H,4,12H2,1-3H3,(H2,18,19,20,23). The minimum atomic E-state index is -0.279. The number of hydrogen-bond donors (Lipinski definition) is 2. The summed E-state index contributed by atoms with van der Waals surface area (Å²) in [4.78, 5) is 13.8. The number of nitrogens with zero attached hydrogens (tertiary/aromatic N) is 3. The average Bonchev–Trinajstić information content (AvgIpc) is 2.53. The second-order valence-electron chi connectivity index (χ2n) is 5.53. The molecule has 2 aromatic rings. The van der Waals surface area contributed by atoms with Gasteiger partial charge in [0.05, 0.1) is 0 Å². The molecule has 0 radical (unpaired) electrons. The molecule has 0 aliphatic rings. The molecule has 1 aromatic carbocycles. The van der Waals surface area contributed by atoms with Gasteiger partial charge in [-0.05, 0) is 38.5 Å². The summed E-state index contributed by atoms with van der Waals surface area (Å²) in [6.07, 6.45) is 0. The third-order valence-electron chi connectivity index (χ3n) is 3.23. The van der Waals surface area contributed by atoms with Crippen LogP contribution >= 0.6 is 0 Å². The van der Waals surface area contributed by atoms with Gasteiger partial charge in [0.15, 0.2) is 11.6 Å². The van der Waals surface area contributed by atoms with Crippen molar-refractivity contribution in [3.05, 3.63) is 48.0 Å². The molecule has 23 heavy (non-hydrogen) atoms. The van der Waals surface area contributed by atoms with E-state index in [2.05, 4.69) is 44.8 Å². The van der Waals surface area contributed by atoms with Crippen molar-refractivity contribution in [2.24, 2.45) is 0 Å². The van der Waals surface area contributed by atoms with E-state index in [9.17, 15) is 4.79 Å². The molecule has 0 saturated carbocycles. The Labute approximate surface area is 136 Å². The number of carbonyl (C=O) groups is 1. The van der Waals surface area contributed by atoms with Crippen molar-refractivity contribution in [1.29, 1.82) is 0 Å². The summed E-state index contributed by atoms with van der Waals surface area (Å²) in [5.74, 6) is 1.22. The Balaban J connectivity index is 2.01. The minimum absolute atomic E-state index is 0.0729. The molecular weight excluding hydrogens is 290 g/mol. The lowest BCUT2D eigenvalue weighted by Crippen LogP contribution is -2.34. The van der Waals surface area contributed by atoms with E-state index in [-0.39, 0.29) is 12.1 Å². The number of anilines is 2. The lowest BCUT2D eigenvalue weighted by molar-refractivity contribution is 0.250. The van der Waals surface area contributed by atoms with Gasteiger partial charge in [0.25, 0.3) is 0 Å². The molecule has 2 N–H and O–H groups in total.